The first-order chi connectivity index (χ1) is 12.5. The minimum absolute atomic E-state index is 0.197. The summed E-state index contributed by atoms with van der Waals surface area (Å²) in [6, 6.07) is 5.53. The minimum Gasteiger partial charge on any atom is -0.388 e. The Bertz CT molecular complexity index is 766. The molecule has 1 aliphatic carbocycles. The Morgan fingerprint density at radius 2 is 2.15 bits per heavy atom. The molecular formula is C20H27ClN2O3. The van der Waals surface area contributed by atoms with Crippen molar-refractivity contribution in [3.8, 4) is 0 Å². The fraction of sp³-hybridized carbons (Fsp3) is 0.550. The highest BCUT2D eigenvalue weighted by molar-refractivity contribution is 6.34. The SMILES string of the molecule is CCOCCc1cc(C(=O)NCC2(O)CCCCC2)c2c(Cl)cccn12. The summed E-state index contributed by atoms with van der Waals surface area (Å²) in [6.45, 7) is 3.50. The van der Waals surface area contributed by atoms with Crippen LogP contribution in [0.2, 0.25) is 5.02 Å². The second kappa shape index (κ2) is 8.42. The number of carbonyl (C=O) groups is 1. The largest absolute Gasteiger partial charge is 0.388 e. The van der Waals surface area contributed by atoms with Gasteiger partial charge in [0.05, 0.1) is 28.3 Å². The summed E-state index contributed by atoms with van der Waals surface area (Å²) in [4.78, 5) is 12.8. The normalized spacial score (nSPS) is 16.7. The fourth-order valence-electron chi connectivity index (χ4n) is 3.70. The number of carbonyl (C=O) groups excluding carboxylic acids is 1. The Kier molecular flexibility index (Phi) is 6.22. The van der Waals surface area contributed by atoms with Crippen LogP contribution < -0.4 is 5.32 Å². The van der Waals surface area contributed by atoms with Gasteiger partial charge in [-0.15, -0.1) is 0 Å². The average molecular weight is 379 g/mol. The van der Waals surface area contributed by atoms with Gasteiger partial charge in [0.25, 0.3) is 5.91 Å². The first-order valence-corrected chi connectivity index (χ1v) is 9.79. The molecule has 3 rings (SSSR count). The average Bonchev–Trinajstić information content (AvgIpc) is 3.01. The maximum atomic E-state index is 12.8. The van der Waals surface area contributed by atoms with Crippen molar-refractivity contribution in [3.63, 3.8) is 0 Å². The van der Waals surface area contributed by atoms with E-state index in [4.69, 9.17) is 16.3 Å². The number of aromatic nitrogens is 1. The van der Waals surface area contributed by atoms with Gasteiger partial charge in [-0.2, -0.15) is 0 Å². The zero-order valence-corrected chi connectivity index (χ0v) is 16.0. The molecule has 0 aromatic carbocycles. The molecule has 0 spiro atoms. The van der Waals surface area contributed by atoms with E-state index in [1.54, 1.807) is 6.07 Å². The van der Waals surface area contributed by atoms with Gasteiger partial charge in [0, 0.05) is 31.5 Å². The van der Waals surface area contributed by atoms with Gasteiger partial charge in [-0.05, 0) is 38.0 Å². The van der Waals surface area contributed by atoms with Gasteiger partial charge in [-0.25, -0.2) is 0 Å². The third-order valence-corrected chi connectivity index (χ3v) is 5.44. The summed E-state index contributed by atoms with van der Waals surface area (Å²) < 4.78 is 7.40. The third-order valence-electron chi connectivity index (χ3n) is 5.13. The van der Waals surface area contributed by atoms with Crippen LogP contribution in [0.4, 0.5) is 0 Å². The van der Waals surface area contributed by atoms with Crippen molar-refractivity contribution < 1.29 is 14.6 Å². The highest BCUT2D eigenvalue weighted by Gasteiger charge is 2.30. The number of hydrogen-bond acceptors (Lipinski definition) is 3. The van der Waals surface area contributed by atoms with Crippen LogP contribution in [0.3, 0.4) is 0 Å². The van der Waals surface area contributed by atoms with E-state index in [-0.39, 0.29) is 12.5 Å². The minimum atomic E-state index is -0.787. The first kappa shape index (κ1) is 19.2. The smallest absolute Gasteiger partial charge is 0.253 e. The summed E-state index contributed by atoms with van der Waals surface area (Å²) in [5.41, 5.74) is 1.44. The zero-order chi connectivity index (χ0) is 18.6. The molecule has 0 aliphatic heterocycles. The van der Waals surface area contributed by atoms with Crippen LogP contribution in [0.25, 0.3) is 5.52 Å². The Morgan fingerprint density at radius 1 is 1.38 bits per heavy atom. The zero-order valence-electron chi connectivity index (χ0n) is 15.3. The van der Waals surface area contributed by atoms with Crippen LogP contribution in [0.1, 0.15) is 55.1 Å². The van der Waals surface area contributed by atoms with E-state index in [0.717, 1.165) is 37.8 Å². The van der Waals surface area contributed by atoms with Crippen molar-refractivity contribution in [2.45, 2.75) is 51.0 Å². The van der Waals surface area contributed by atoms with Crippen molar-refractivity contribution in [3.05, 3.63) is 40.7 Å². The van der Waals surface area contributed by atoms with Crippen LogP contribution in [-0.2, 0) is 11.2 Å². The molecule has 2 aromatic rings. The molecule has 5 nitrogen and oxygen atoms in total. The van der Waals surface area contributed by atoms with E-state index < -0.39 is 5.60 Å². The van der Waals surface area contributed by atoms with Crippen molar-refractivity contribution in [2.24, 2.45) is 0 Å². The highest BCUT2D eigenvalue weighted by atomic mass is 35.5. The number of hydrogen-bond donors (Lipinski definition) is 2. The van der Waals surface area contributed by atoms with E-state index in [0.29, 0.717) is 35.7 Å². The molecule has 0 bridgehead atoms. The topological polar surface area (TPSA) is 63.0 Å². The maximum absolute atomic E-state index is 12.8. The number of fused-ring (bicyclic) bond motifs is 1. The van der Waals surface area contributed by atoms with Crippen LogP contribution in [-0.4, -0.2) is 40.8 Å². The number of halogens is 1. The van der Waals surface area contributed by atoms with E-state index in [9.17, 15) is 9.90 Å². The molecule has 0 unspecified atom stereocenters. The van der Waals surface area contributed by atoms with Crippen molar-refractivity contribution in [1.82, 2.24) is 9.72 Å². The van der Waals surface area contributed by atoms with Crippen LogP contribution in [0.15, 0.2) is 24.4 Å². The lowest BCUT2D eigenvalue weighted by atomic mass is 9.85. The molecule has 0 atom stereocenters. The summed E-state index contributed by atoms with van der Waals surface area (Å²) >= 11 is 6.38. The number of aliphatic hydroxyl groups is 1. The Labute approximate surface area is 159 Å². The van der Waals surface area contributed by atoms with Gasteiger partial charge in [0.15, 0.2) is 0 Å². The first-order valence-electron chi connectivity index (χ1n) is 9.41. The third kappa shape index (κ3) is 4.22. The number of amides is 1. The van der Waals surface area contributed by atoms with Crippen LogP contribution in [0, 0.1) is 0 Å². The monoisotopic (exact) mass is 378 g/mol. The Morgan fingerprint density at radius 3 is 2.88 bits per heavy atom. The number of ether oxygens (including phenoxy) is 1. The molecule has 142 valence electrons. The predicted octanol–water partition coefficient (Wildman–Crippen LogP) is 3.60. The van der Waals surface area contributed by atoms with Crippen LogP contribution >= 0.6 is 11.6 Å². The van der Waals surface area contributed by atoms with Crippen molar-refractivity contribution in [2.75, 3.05) is 19.8 Å². The van der Waals surface area contributed by atoms with E-state index in [2.05, 4.69) is 5.32 Å². The number of nitrogens with zero attached hydrogens (tertiary/aromatic N) is 1. The molecule has 2 aromatic heterocycles. The number of rotatable bonds is 7. The lowest BCUT2D eigenvalue weighted by Gasteiger charge is -2.32. The summed E-state index contributed by atoms with van der Waals surface area (Å²) in [5.74, 6) is -0.197. The lowest BCUT2D eigenvalue weighted by Crippen LogP contribution is -2.44. The van der Waals surface area contributed by atoms with Crippen molar-refractivity contribution in [1.29, 1.82) is 0 Å². The van der Waals surface area contributed by atoms with E-state index in [1.807, 2.05) is 29.7 Å². The molecule has 1 aliphatic rings. The van der Waals surface area contributed by atoms with Gasteiger partial charge in [-0.1, -0.05) is 30.9 Å². The lowest BCUT2D eigenvalue weighted by molar-refractivity contribution is 0.00527. The quantitative estimate of drug-likeness (QED) is 0.723. The molecule has 6 heteroatoms. The second-order valence-electron chi connectivity index (χ2n) is 7.04. The maximum Gasteiger partial charge on any atom is 0.253 e. The van der Waals surface area contributed by atoms with Crippen molar-refractivity contribution >= 4 is 23.0 Å². The van der Waals surface area contributed by atoms with Crippen LogP contribution in [0.5, 0.6) is 0 Å². The molecule has 1 saturated carbocycles. The molecule has 0 radical (unpaired) electrons. The molecular weight excluding hydrogens is 352 g/mol. The molecule has 1 amide bonds. The molecule has 0 saturated heterocycles. The molecule has 1 fully saturated rings. The molecule has 2 N–H and O–H groups in total. The number of pyridine rings is 1. The summed E-state index contributed by atoms with van der Waals surface area (Å²) in [6.07, 6.45) is 7.26. The highest BCUT2D eigenvalue weighted by Crippen LogP contribution is 2.28. The van der Waals surface area contributed by atoms with Gasteiger partial charge < -0.3 is 19.6 Å². The van der Waals surface area contributed by atoms with Gasteiger partial charge in [-0.3, -0.25) is 4.79 Å². The van der Waals surface area contributed by atoms with Gasteiger partial charge >= 0.3 is 0 Å². The Balaban J connectivity index is 1.80. The van der Waals surface area contributed by atoms with Gasteiger partial charge in [0.2, 0.25) is 0 Å². The molecule has 2 heterocycles. The standard InChI is InChI=1S/C20H27ClN2O3/c1-2-26-12-8-15-13-16(18-17(21)7-6-11-23(15)18)19(24)22-14-20(25)9-4-3-5-10-20/h6-7,11,13,25H,2-5,8-10,12,14H2,1H3,(H,22,24). The van der Waals surface area contributed by atoms with Gasteiger partial charge in [0.1, 0.15) is 0 Å². The summed E-state index contributed by atoms with van der Waals surface area (Å²) in [5, 5.41) is 14.1. The molecule has 26 heavy (non-hydrogen) atoms. The fourth-order valence-corrected chi connectivity index (χ4v) is 3.96. The predicted molar refractivity (Wildman–Crippen MR) is 103 cm³/mol. The second-order valence-corrected chi connectivity index (χ2v) is 7.45. The van der Waals surface area contributed by atoms with E-state index in [1.165, 1.54) is 0 Å². The Hall–Kier alpha value is -1.56. The van der Waals surface area contributed by atoms with E-state index >= 15 is 0 Å². The number of nitrogens with one attached hydrogen (secondary N) is 1. The summed E-state index contributed by atoms with van der Waals surface area (Å²) in [7, 11) is 0.